The van der Waals surface area contributed by atoms with Gasteiger partial charge in [-0.15, -0.1) is 0 Å². The predicted molar refractivity (Wildman–Crippen MR) is 101 cm³/mol. The summed E-state index contributed by atoms with van der Waals surface area (Å²) in [6.07, 6.45) is 20.9. The molecule has 0 aliphatic rings. The summed E-state index contributed by atoms with van der Waals surface area (Å²) in [5.74, 6) is 0. The highest BCUT2D eigenvalue weighted by Crippen LogP contribution is 2.13. The van der Waals surface area contributed by atoms with E-state index >= 15 is 0 Å². The Hall–Kier alpha value is -1.19. The van der Waals surface area contributed by atoms with Crippen molar-refractivity contribution in [3.8, 4) is 0 Å². The van der Waals surface area contributed by atoms with Gasteiger partial charge in [0.05, 0.1) is 0 Å². The molecule has 140 valence electrons. The lowest BCUT2D eigenvalue weighted by molar-refractivity contribution is -0.510. The van der Waals surface area contributed by atoms with Gasteiger partial charge in [-0.1, -0.05) is 70.8 Å². The van der Waals surface area contributed by atoms with Gasteiger partial charge in [0.1, 0.15) is 6.29 Å². The second kappa shape index (κ2) is 18.2. The van der Waals surface area contributed by atoms with Crippen LogP contribution in [-0.2, 0) is 4.79 Å². The summed E-state index contributed by atoms with van der Waals surface area (Å²) in [6.45, 7) is 2.22. The maximum atomic E-state index is 11.1. The van der Waals surface area contributed by atoms with Crippen molar-refractivity contribution in [2.24, 2.45) is 0 Å². The second-order valence-corrected chi connectivity index (χ2v) is 6.70. The first-order valence-corrected chi connectivity index (χ1v) is 9.96. The molecule has 0 aromatic carbocycles. The zero-order chi connectivity index (χ0) is 17.9. The molecule has 0 heterocycles. The minimum atomic E-state index is -0.514. The number of hydrogen-bond acceptors (Lipinski definition) is 3. The highest BCUT2D eigenvalue weighted by molar-refractivity contribution is 5.48. The van der Waals surface area contributed by atoms with Crippen LogP contribution in [0, 0.1) is 10.1 Å². The molecule has 0 aromatic rings. The van der Waals surface area contributed by atoms with Crippen molar-refractivity contribution in [2.45, 2.75) is 109 Å². The third-order valence-corrected chi connectivity index (χ3v) is 4.43. The van der Waals surface area contributed by atoms with Crippen molar-refractivity contribution in [1.82, 2.24) is 0 Å². The minimum Gasteiger partial charge on any atom is -0.303 e. The molecule has 0 rings (SSSR count). The third-order valence-electron chi connectivity index (χ3n) is 4.43. The number of carbonyl (C=O) groups is 1. The lowest BCUT2D eigenvalue weighted by Crippen LogP contribution is -2.16. The molecule has 1 atom stereocenters. The molecule has 0 aromatic heterocycles. The van der Waals surface area contributed by atoms with Crippen LogP contribution in [0.15, 0.2) is 12.2 Å². The molecular weight excluding hydrogens is 302 g/mol. The highest BCUT2D eigenvalue weighted by atomic mass is 16.6. The Bertz CT molecular complexity index is 329. The van der Waals surface area contributed by atoms with Gasteiger partial charge in [-0.3, -0.25) is 10.1 Å². The number of hydrogen-bond donors (Lipinski definition) is 0. The summed E-state index contributed by atoms with van der Waals surface area (Å²) in [5.41, 5.74) is 0. The fourth-order valence-electron chi connectivity index (χ4n) is 2.86. The zero-order valence-corrected chi connectivity index (χ0v) is 15.6. The molecule has 24 heavy (non-hydrogen) atoms. The van der Waals surface area contributed by atoms with Crippen molar-refractivity contribution in [2.75, 3.05) is 0 Å². The van der Waals surface area contributed by atoms with Crippen LogP contribution in [0.5, 0.6) is 0 Å². The fraction of sp³-hybridized carbons (Fsp3) is 0.850. The van der Waals surface area contributed by atoms with Crippen LogP contribution >= 0.6 is 0 Å². The van der Waals surface area contributed by atoms with Gasteiger partial charge >= 0.3 is 0 Å². The van der Waals surface area contributed by atoms with E-state index in [1.807, 2.05) is 6.08 Å². The highest BCUT2D eigenvalue weighted by Gasteiger charge is 2.14. The van der Waals surface area contributed by atoms with Crippen LogP contribution in [-0.4, -0.2) is 17.3 Å². The molecule has 0 aliphatic carbocycles. The van der Waals surface area contributed by atoms with E-state index in [2.05, 4.69) is 6.92 Å². The zero-order valence-electron chi connectivity index (χ0n) is 15.6. The molecule has 4 heteroatoms. The summed E-state index contributed by atoms with van der Waals surface area (Å²) < 4.78 is 0. The first-order valence-electron chi connectivity index (χ1n) is 9.96. The van der Waals surface area contributed by atoms with Crippen molar-refractivity contribution >= 4 is 6.29 Å². The molecule has 0 saturated carbocycles. The Morgan fingerprint density at radius 2 is 1.38 bits per heavy atom. The molecule has 0 amide bonds. The maximum Gasteiger partial charge on any atom is 0.231 e. The van der Waals surface area contributed by atoms with Crippen LogP contribution in [0.25, 0.3) is 0 Å². The topological polar surface area (TPSA) is 60.2 Å². The van der Waals surface area contributed by atoms with Gasteiger partial charge in [-0.05, 0) is 31.8 Å². The van der Waals surface area contributed by atoms with Crippen LogP contribution in [0.3, 0.4) is 0 Å². The molecule has 0 aliphatic heterocycles. The standard InChI is InChI=1S/C20H37NO3/c1-2-3-4-5-6-8-11-14-17-20(21(23)24)18-15-12-9-7-10-13-16-19-22/h15,18-20H,2-14,16-17H2,1H3/b18-15+. The van der Waals surface area contributed by atoms with Crippen molar-refractivity contribution in [1.29, 1.82) is 0 Å². The average Bonchev–Trinajstić information content (AvgIpc) is 2.57. The van der Waals surface area contributed by atoms with Gasteiger partial charge in [-0.2, -0.15) is 0 Å². The third kappa shape index (κ3) is 15.7. The van der Waals surface area contributed by atoms with Gasteiger partial charge in [0, 0.05) is 17.8 Å². The van der Waals surface area contributed by atoms with E-state index in [-0.39, 0.29) is 4.92 Å². The molecule has 0 N–H and O–H groups in total. The van der Waals surface area contributed by atoms with E-state index in [1.54, 1.807) is 6.08 Å². The molecule has 0 spiro atoms. The second-order valence-electron chi connectivity index (χ2n) is 6.70. The van der Waals surface area contributed by atoms with Crippen molar-refractivity contribution < 1.29 is 9.72 Å². The summed E-state index contributed by atoms with van der Waals surface area (Å²) in [7, 11) is 0. The van der Waals surface area contributed by atoms with E-state index in [0.717, 1.165) is 51.2 Å². The Morgan fingerprint density at radius 1 is 0.833 bits per heavy atom. The number of carbonyl (C=O) groups excluding carboxylic acids is 1. The Labute approximate surface area is 148 Å². The smallest absolute Gasteiger partial charge is 0.231 e. The largest absolute Gasteiger partial charge is 0.303 e. The summed E-state index contributed by atoms with van der Waals surface area (Å²) >= 11 is 0. The Morgan fingerprint density at radius 3 is 1.96 bits per heavy atom. The summed E-state index contributed by atoms with van der Waals surface area (Å²) in [4.78, 5) is 21.1. The molecule has 4 nitrogen and oxygen atoms in total. The maximum absolute atomic E-state index is 11.1. The van der Waals surface area contributed by atoms with Gasteiger partial charge in [0.25, 0.3) is 0 Å². The van der Waals surface area contributed by atoms with Crippen LogP contribution < -0.4 is 0 Å². The number of nitrogens with zero attached hydrogens (tertiary/aromatic N) is 1. The summed E-state index contributed by atoms with van der Waals surface area (Å²) in [5, 5.41) is 11.1. The average molecular weight is 340 g/mol. The van der Waals surface area contributed by atoms with Crippen LogP contribution in [0.4, 0.5) is 0 Å². The quantitative estimate of drug-likeness (QED) is 0.0973. The Balaban J connectivity index is 3.64. The molecule has 0 saturated heterocycles. The SMILES string of the molecule is CCCCCCCCCCC(/C=C/CCCCCCC=O)[N+](=O)[O-]. The van der Waals surface area contributed by atoms with E-state index in [9.17, 15) is 14.9 Å². The van der Waals surface area contributed by atoms with Crippen molar-refractivity contribution in [3.05, 3.63) is 22.3 Å². The van der Waals surface area contributed by atoms with Crippen LogP contribution in [0.2, 0.25) is 0 Å². The minimum absolute atomic E-state index is 0.151. The van der Waals surface area contributed by atoms with Crippen LogP contribution in [0.1, 0.15) is 103 Å². The summed E-state index contributed by atoms with van der Waals surface area (Å²) in [6, 6.07) is -0.514. The fourth-order valence-corrected chi connectivity index (χ4v) is 2.86. The van der Waals surface area contributed by atoms with E-state index in [0.29, 0.717) is 12.8 Å². The molecule has 0 bridgehead atoms. The van der Waals surface area contributed by atoms with Gasteiger partial charge in [0.2, 0.25) is 6.04 Å². The first kappa shape index (κ1) is 22.8. The molecule has 0 radical (unpaired) electrons. The lowest BCUT2D eigenvalue weighted by atomic mass is 10.0. The van der Waals surface area contributed by atoms with Gasteiger partial charge < -0.3 is 4.79 Å². The molecular formula is C20H37NO3. The normalized spacial score (nSPS) is 12.5. The van der Waals surface area contributed by atoms with E-state index in [4.69, 9.17) is 0 Å². The number of aldehydes is 1. The molecule has 1 unspecified atom stereocenters. The number of rotatable bonds is 18. The van der Waals surface area contributed by atoms with E-state index in [1.165, 1.54) is 38.5 Å². The van der Waals surface area contributed by atoms with Gasteiger partial charge in [-0.25, -0.2) is 0 Å². The number of allylic oxidation sites excluding steroid dienone is 1. The first-order chi connectivity index (χ1) is 11.7. The predicted octanol–water partition coefficient (Wildman–Crippen LogP) is 6.26. The van der Waals surface area contributed by atoms with Gasteiger partial charge in [0.15, 0.2) is 0 Å². The monoisotopic (exact) mass is 339 g/mol. The number of unbranched alkanes of at least 4 members (excludes halogenated alkanes) is 12. The molecule has 0 fully saturated rings. The van der Waals surface area contributed by atoms with Crippen molar-refractivity contribution in [3.63, 3.8) is 0 Å². The Kier molecular flexibility index (Phi) is 17.3. The number of nitro groups is 1. The lowest BCUT2D eigenvalue weighted by Gasteiger charge is -2.05. The van der Waals surface area contributed by atoms with E-state index < -0.39 is 6.04 Å².